The number of hydrogen-bond acceptors (Lipinski definition) is 3. The summed E-state index contributed by atoms with van der Waals surface area (Å²) >= 11 is 0. The van der Waals surface area contributed by atoms with Crippen LogP contribution in [0, 0.1) is 0 Å². The Labute approximate surface area is 98.6 Å². The van der Waals surface area contributed by atoms with Crippen molar-refractivity contribution in [2.45, 2.75) is 19.0 Å². The van der Waals surface area contributed by atoms with E-state index in [1.165, 1.54) is 11.8 Å². The second-order valence-corrected chi connectivity index (χ2v) is 3.92. The molecule has 1 aliphatic rings. The zero-order valence-electron chi connectivity index (χ0n) is 9.37. The molecule has 0 aliphatic carbocycles. The molecule has 1 aromatic carbocycles. The van der Waals surface area contributed by atoms with Crippen LogP contribution in [-0.2, 0) is 9.53 Å². The molecule has 1 heterocycles. The molecule has 0 aromatic heterocycles. The van der Waals surface area contributed by atoms with E-state index in [-0.39, 0.29) is 12.6 Å². The monoisotopic (exact) mass is 235 g/mol. The third-order valence-electron chi connectivity index (χ3n) is 2.87. The highest BCUT2D eigenvalue weighted by atomic mass is 16.6. The predicted molar refractivity (Wildman–Crippen MR) is 59.5 cm³/mol. The van der Waals surface area contributed by atoms with Crippen LogP contribution < -0.4 is 0 Å². The second kappa shape index (κ2) is 4.45. The van der Waals surface area contributed by atoms with Crippen molar-refractivity contribution in [3.8, 4) is 0 Å². The van der Waals surface area contributed by atoms with Crippen LogP contribution in [-0.4, -0.2) is 34.7 Å². The normalized spacial score (nSPS) is 21.1. The van der Waals surface area contributed by atoms with Crippen molar-refractivity contribution in [2.75, 3.05) is 6.61 Å². The largest absolute Gasteiger partial charge is 0.480 e. The van der Waals surface area contributed by atoms with E-state index in [0.717, 1.165) is 5.56 Å². The summed E-state index contributed by atoms with van der Waals surface area (Å²) in [5.41, 5.74) is 0.881. The molecule has 2 rings (SSSR count). The van der Waals surface area contributed by atoms with Gasteiger partial charge in [-0.3, -0.25) is 4.90 Å². The molecule has 1 saturated heterocycles. The van der Waals surface area contributed by atoms with Crippen LogP contribution in [0.5, 0.6) is 0 Å². The number of ether oxygens (including phenoxy) is 1. The lowest BCUT2D eigenvalue weighted by Crippen LogP contribution is -2.41. The average Bonchev–Trinajstić information content (AvgIpc) is 2.71. The maximum absolute atomic E-state index is 11.5. The minimum Gasteiger partial charge on any atom is -0.480 e. The molecule has 0 bridgehead atoms. The zero-order chi connectivity index (χ0) is 12.4. The highest BCUT2D eigenvalue weighted by Crippen LogP contribution is 2.29. The highest BCUT2D eigenvalue weighted by molar-refractivity contribution is 5.81. The molecule has 0 saturated carbocycles. The van der Waals surface area contributed by atoms with Gasteiger partial charge in [0.05, 0.1) is 6.04 Å². The number of benzene rings is 1. The van der Waals surface area contributed by atoms with Gasteiger partial charge in [0.15, 0.2) is 0 Å². The van der Waals surface area contributed by atoms with E-state index in [2.05, 4.69) is 0 Å². The number of cyclic esters (lactones) is 1. The van der Waals surface area contributed by atoms with Crippen LogP contribution in [0.3, 0.4) is 0 Å². The molecule has 17 heavy (non-hydrogen) atoms. The van der Waals surface area contributed by atoms with E-state index >= 15 is 0 Å². The van der Waals surface area contributed by atoms with Gasteiger partial charge in [0.2, 0.25) is 0 Å². The van der Waals surface area contributed by atoms with Crippen LogP contribution in [0.25, 0.3) is 0 Å². The molecule has 5 nitrogen and oxygen atoms in total. The van der Waals surface area contributed by atoms with E-state index in [9.17, 15) is 9.59 Å². The number of amides is 1. The standard InChI is InChI=1S/C12H13NO4/c1-8(11(14)15)13-10(7-17-12(13)16)9-5-3-2-4-6-9/h2-6,8,10H,7H2,1H3,(H,14,15)/t8?,10-/m1/s1. The summed E-state index contributed by atoms with van der Waals surface area (Å²) in [5.74, 6) is -1.04. The number of rotatable bonds is 3. The maximum atomic E-state index is 11.5. The number of hydrogen-bond donors (Lipinski definition) is 1. The Morgan fingerprint density at radius 2 is 2.12 bits per heavy atom. The SMILES string of the molecule is CC(C(=O)O)N1C(=O)OC[C@@H]1c1ccccc1. The van der Waals surface area contributed by atoms with Gasteiger partial charge in [0.25, 0.3) is 0 Å². The summed E-state index contributed by atoms with van der Waals surface area (Å²) in [6, 6.07) is 8.06. The van der Waals surface area contributed by atoms with E-state index < -0.39 is 18.1 Å². The lowest BCUT2D eigenvalue weighted by Gasteiger charge is -2.25. The van der Waals surface area contributed by atoms with Crippen LogP contribution >= 0.6 is 0 Å². The second-order valence-electron chi connectivity index (χ2n) is 3.92. The minimum atomic E-state index is -1.04. The zero-order valence-corrected chi connectivity index (χ0v) is 9.37. The number of carboxylic acid groups (broad SMARTS) is 1. The van der Waals surface area contributed by atoms with Gasteiger partial charge in [-0.15, -0.1) is 0 Å². The number of nitrogens with zero attached hydrogens (tertiary/aromatic N) is 1. The Kier molecular flexibility index (Phi) is 2.99. The first-order valence-electron chi connectivity index (χ1n) is 5.34. The van der Waals surface area contributed by atoms with Gasteiger partial charge in [-0.1, -0.05) is 30.3 Å². The van der Waals surface area contributed by atoms with Gasteiger partial charge in [-0.05, 0) is 12.5 Å². The Balaban J connectivity index is 2.28. The molecular weight excluding hydrogens is 222 g/mol. The topological polar surface area (TPSA) is 66.8 Å². The van der Waals surface area contributed by atoms with Crippen molar-refractivity contribution in [3.63, 3.8) is 0 Å². The molecule has 0 radical (unpaired) electrons. The molecule has 90 valence electrons. The van der Waals surface area contributed by atoms with E-state index in [4.69, 9.17) is 9.84 Å². The third-order valence-corrected chi connectivity index (χ3v) is 2.87. The fraction of sp³-hybridized carbons (Fsp3) is 0.333. The van der Waals surface area contributed by atoms with Gasteiger partial charge in [-0.2, -0.15) is 0 Å². The smallest absolute Gasteiger partial charge is 0.411 e. The van der Waals surface area contributed by atoms with Crippen molar-refractivity contribution in [1.29, 1.82) is 0 Å². The summed E-state index contributed by atoms with van der Waals surface area (Å²) in [4.78, 5) is 23.8. The van der Waals surface area contributed by atoms with Crippen LogP contribution in [0.2, 0.25) is 0 Å². The van der Waals surface area contributed by atoms with Crippen molar-refractivity contribution in [2.24, 2.45) is 0 Å². The summed E-state index contributed by atoms with van der Waals surface area (Å²) in [5, 5.41) is 8.98. The van der Waals surface area contributed by atoms with Gasteiger partial charge in [0, 0.05) is 0 Å². The van der Waals surface area contributed by atoms with E-state index in [1.807, 2.05) is 30.3 Å². The molecule has 1 N–H and O–H groups in total. The fourth-order valence-electron chi connectivity index (χ4n) is 1.91. The van der Waals surface area contributed by atoms with Crippen molar-refractivity contribution in [3.05, 3.63) is 35.9 Å². The van der Waals surface area contributed by atoms with Gasteiger partial charge in [0.1, 0.15) is 12.6 Å². The minimum absolute atomic E-state index is 0.195. The number of aliphatic carboxylic acids is 1. The number of carbonyl (C=O) groups excluding carboxylic acids is 1. The van der Waals surface area contributed by atoms with Gasteiger partial charge in [-0.25, -0.2) is 9.59 Å². The predicted octanol–water partition coefficient (Wildman–Crippen LogP) is 1.65. The first kappa shape index (κ1) is 11.4. The van der Waals surface area contributed by atoms with E-state index in [1.54, 1.807) is 0 Å². The average molecular weight is 235 g/mol. The Morgan fingerprint density at radius 1 is 1.47 bits per heavy atom. The fourth-order valence-corrected chi connectivity index (χ4v) is 1.91. The molecule has 0 spiro atoms. The molecular formula is C12H13NO4. The van der Waals surface area contributed by atoms with Crippen LogP contribution in [0.1, 0.15) is 18.5 Å². The Hall–Kier alpha value is -2.04. The van der Waals surface area contributed by atoms with Crippen molar-refractivity contribution >= 4 is 12.1 Å². The molecule has 5 heteroatoms. The molecule has 1 unspecified atom stereocenters. The van der Waals surface area contributed by atoms with Gasteiger partial charge < -0.3 is 9.84 Å². The lowest BCUT2D eigenvalue weighted by molar-refractivity contribution is -0.141. The summed E-state index contributed by atoms with van der Waals surface area (Å²) in [6.07, 6.45) is -0.575. The molecule has 1 fully saturated rings. The molecule has 1 aromatic rings. The summed E-state index contributed by atoms with van der Waals surface area (Å²) in [7, 11) is 0. The van der Waals surface area contributed by atoms with Crippen molar-refractivity contribution in [1.82, 2.24) is 4.90 Å². The van der Waals surface area contributed by atoms with Crippen LogP contribution in [0.4, 0.5) is 4.79 Å². The Morgan fingerprint density at radius 3 is 2.71 bits per heavy atom. The molecule has 1 aliphatic heterocycles. The van der Waals surface area contributed by atoms with Crippen LogP contribution in [0.15, 0.2) is 30.3 Å². The maximum Gasteiger partial charge on any atom is 0.411 e. The highest BCUT2D eigenvalue weighted by Gasteiger charge is 2.39. The van der Waals surface area contributed by atoms with E-state index in [0.29, 0.717) is 0 Å². The first-order valence-corrected chi connectivity index (χ1v) is 5.34. The summed E-state index contributed by atoms with van der Waals surface area (Å²) < 4.78 is 4.93. The third kappa shape index (κ3) is 2.08. The summed E-state index contributed by atoms with van der Waals surface area (Å²) in [6.45, 7) is 1.67. The molecule has 1 amide bonds. The molecule has 2 atom stereocenters. The first-order chi connectivity index (χ1) is 8.11. The van der Waals surface area contributed by atoms with Gasteiger partial charge >= 0.3 is 12.1 Å². The number of carboxylic acids is 1. The van der Waals surface area contributed by atoms with Crippen molar-refractivity contribution < 1.29 is 19.4 Å². The lowest BCUT2D eigenvalue weighted by atomic mass is 10.1. The number of carbonyl (C=O) groups is 2. The quantitative estimate of drug-likeness (QED) is 0.865. The Bertz CT molecular complexity index is 431.